The van der Waals surface area contributed by atoms with E-state index in [9.17, 15) is 18.9 Å². The van der Waals surface area contributed by atoms with Crippen LogP contribution in [0.4, 0.5) is 14.6 Å². The maximum absolute atomic E-state index is 12.5. The summed E-state index contributed by atoms with van der Waals surface area (Å²) in [5, 5.41) is 10.4. The molecule has 0 spiro atoms. The number of halogens is 3. The molecule has 1 aromatic heterocycles. The van der Waals surface area contributed by atoms with E-state index >= 15 is 0 Å². The Kier molecular flexibility index (Phi) is 3.64. The molecule has 0 amide bonds. The highest BCUT2D eigenvalue weighted by molar-refractivity contribution is 9.10. The van der Waals surface area contributed by atoms with Gasteiger partial charge in [-0.1, -0.05) is 0 Å². The molecule has 0 aromatic carbocycles. The summed E-state index contributed by atoms with van der Waals surface area (Å²) in [6.45, 7) is -0.161. The van der Waals surface area contributed by atoms with Crippen LogP contribution in [-0.2, 0) is 6.54 Å². The molecule has 82 valence electrons. The summed E-state index contributed by atoms with van der Waals surface area (Å²) >= 11 is 2.87. The maximum Gasteiger partial charge on any atom is 0.365 e. The number of pyridine rings is 1. The van der Waals surface area contributed by atoms with E-state index in [1.807, 2.05) is 0 Å². The van der Waals surface area contributed by atoms with E-state index in [1.165, 1.54) is 0 Å². The minimum atomic E-state index is -2.82. The van der Waals surface area contributed by atoms with Crippen LogP contribution in [0.25, 0.3) is 0 Å². The Morgan fingerprint density at radius 1 is 1.67 bits per heavy atom. The smallest absolute Gasteiger partial charge is 0.358 e. The second-order valence-electron chi connectivity index (χ2n) is 2.60. The van der Waals surface area contributed by atoms with Gasteiger partial charge in [0.15, 0.2) is 0 Å². The van der Waals surface area contributed by atoms with Crippen molar-refractivity contribution in [3.8, 4) is 0 Å². The highest BCUT2D eigenvalue weighted by Gasteiger charge is 2.23. The summed E-state index contributed by atoms with van der Waals surface area (Å²) < 4.78 is 25.0. The number of nitro groups is 1. The van der Waals surface area contributed by atoms with Gasteiger partial charge >= 0.3 is 5.82 Å². The Labute approximate surface area is 91.6 Å². The molecule has 8 heteroatoms. The normalized spacial score (nSPS) is 10.7. The largest absolute Gasteiger partial charge is 0.365 e. The van der Waals surface area contributed by atoms with Gasteiger partial charge in [-0.05, 0) is 9.91 Å². The molecule has 1 rings (SSSR count). The van der Waals surface area contributed by atoms with E-state index in [4.69, 9.17) is 5.73 Å². The average molecular weight is 282 g/mol. The van der Waals surface area contributed by atoms with Crippen LogP contribution in [0.1, 0.15) is 17.6 Å². The summed E-state index contributed by atoms with van der Waals surface area (Å²) in [6, 6.07) is 0.734. The van der Waals surface area contributed by atoms with E-state index in [1.54, 1.807) is 0 Å². The highest BCUT2D eigenvalue weighted by Crippen LogP contribution is 2.30. The van der Waals surface area contributed by atoms with Crippen LogP contribution in [0, 0.1) is 10.1 Å². The highest BCUT2D eigenvalue weighted by atomic mass is 79.9. The Morgan fingerprint density at radius 2 is 2.27 bits per heavy atom. The molecule has 0 fully saturated rings. The second kappa shape index (κ2) is 4.58. The summed E-state index contributed by atoms with van der Waals surface area (Å²) in [5.41, 5.74) is 4.85. The topological polar surface area (TPSA) is 82.0 Å². The molecule has 0 aliphatic heterocycles. The lowest BCUT2D eigenvalue weighted by Gasteiger charge is -2.05. The van der Waals surface area contributed by atoms with Gasteiger partial charge in [-0.2, -0.15) is 0 Å². The lowest BCUT2D eigenvalue weighted by Crippen LogP contribution is -2.06. The zero-order valence-corrected chi connectivity index (χ0v) is 8.87. The van der Waals surface area contributed by atoms with Crippen LogP contribution in [0.5, 0.6) is 0 Å². The monoisotopic (exact) mass is 281 g/mol. The Morgan fingerprint density at radius 3 is 2.67 bits per heavy atom. The third kappa shape index (κ3) is 2.45. The van der Waals surface area contributed by atoms with Crippen molar-refractivity contribution in [3.63, 3.8) is 0 Å². The summed E-state index contributed by atoms with van der Waals surface area (Å²) in [4.78, 5) is 13.0. The Balaban J connectivity index is 3.38. The van der Waals surface area contributed by atoms with Gasteiger partial charge < -0.3 is 15.8 Å². The van der Waals surface area contributed by atoms with Gasteiger partial charge in [-0.15, -0.1) is 0 Å². The van der Waals surface area contributed by atoms with Crippen LogP contribution < -0.4 is 5.73 Å². The first-order chi connectivity index (χ1) is 6.97. The summed E-state index contributed by atoms with van der Waals surface area (Å²) in [7, 11) is 0. The fourth-order valence-electron chi connectivity index (χ4n) is 1.04. The van der Waals surface area contributed by atoms with E-state index in [2.05, 4.69) is 20.9 Å². The third-order valence-corrected chi connectivity index (χ3v) is 2.38. The molecule has 0 unspecified atom stereocenters. The molecular weight excluding hydrogens is 276 g/mol. The molecule has 0 bridgehead atoms. The SMILES string of the molecule is NCc1c(C(F)F)cc([N+](=O)[O-])nc1Br. The molecule has 1 heterocycles. The van der Waals surface area contributed by atoms with Gasteiger partial charge in [0.1, 0.15) is 0 Å². The zero-order chi connectivity index (χ0) is 11.6. The van der Waals surface area contributed by atoms with Gasteiger partial charge in [-0.25, -0.2) is 8.78 Å². The Hall–Kier alpha value is -1.15. The predicted octanol–water partition coefficient (Wildman–Crippen LogP) is 2.15. The second-order valence-corrected chi connectivity index (χ2v) is 3.35. The van der Waals surface area contributed by atoms with Crippen molar-refractivity contribution in [1.82, 2.24) is 4.98 Å². The number of aromatic nitrogens is 1. The van der Waals surface area contributed by atoms with Crippen molar-refractivity contribution < 1.29 is 13.7 Å². The fourth-order valence-corrected chi connectivity index (χ4v) is 1.61. The number of alkyl halides is 2. The van der Waals surface area contributed by atoms with Crippen molar-refractivity contribution in [2.24, 2.45) is 5.73 Å². The lowest BCUT2D eigenvalue weighted by atomic mass is 10.1. The molecule has 5 nitrogen and oxygen atoms in total. The van der Waals surface area contributed by atoms with Crippen LogP contribution >= 0.6 is 15.9 Å². The molecule has 2 N–H and O–H groups in total. The first-order valence-electron chi connectivity index (χ1n) is 3.79. The molecule has 0 atom stereocenters. The molecule has 0 saturated heterocycles. The van der Waals surface area contributed by atoms with Crippen molar-refractivity contribution in [2.75, 3.05) is 0 Å². The van der Waals surface area contributed by atoms with Crippen molar-refractivity contribution in [1.29, 1.82) is 0 Å². The first kappa shape index (κ1) is 11.9. The number of nitrogens with two attached hydrogens (primary N) is 1. The Bertz CT molecular complexity index is 400. The van der Waals surface area contributed by atoms with Crippen LogP contribution in [0.15, 0.2) is 10.7 Å². The van der Waals surface area contributed by atoms with Gasteiger partial charge in [0.2, 0.25) is 4.60 Å². The van der Waals surface area contributed by atoms with Crippen molar-refractivity contribution >= 4 is 21.7 Å². The predicted molar refractivity (Wildman–Crippen MR) is 51.4 cm³/mol. The van der Waals surface area contributed by atoms with Gasteiger partial charge in [0.05, 0.1) is 0 Å². The lowest BCUT2D eigenvalue weighted by molar-refractivity contribution is -0.389. The summed E-state index contributed by atoms with van der Waals surface area (Å²) in [6.07, 6.45) is -2.82. The van der Waals surface area contributed by atoms with E-state index in [0.717, 1.165) is 6.07 Å². The minimum Gasteiger partial charge on any atom is -0.358 e. The number of hydrogen-bond donors (Lipinski definition) is 1. The standard InChI is InChI=1S/C7H6BrF2N3O2/c8-6-4(2-11)3(7(9)10)1-5(12-6)13(14)15/h1,7H,2,11H2. The summed E-state index contributed by atoms with van der Waals surface area (Å²) in [5.74, 6) is -0.630. The minimum absolute atomic E-state index is 0.0190. The van der Waals surface area contributed by atoms with Crippen LogP contribution in [0.2, 0.25) is 0 Å². The molecular formula is C7H6BrF2N3O2. The first-order valence-corrected chi connectivity index (χ1v) is 4.58. The fraction of sp³-hybridized carbons (Fsp3) is 0.286. The molecule has 0 radical (unpaired) electrons. The third-order valence-electron chi connectivity index (χ3n) is 1.72. The molecule has 15 heavy (non-hydrogen) atoms. The van der Waals surface area contributed by atoms with E-state index < -0.39 is 22.7 Å². The quantitative estimate of drug-likeness (QED) is 0.523. The maximum atomic E-state index is 12.5. The number of rotatable bonds is 3. The molecule has 0 aliphatic rings. The molecule has 1 aromatic rings. The number of hydrogen-bond acceptors (Lipinski definition) is 4. The molecule has 0 aliphatic carbocycles. The van der Waals surface area contributed by atoms with Gasteiger partial charge in [-0.3, -0.25) is 0 Å². The average Bonchev–Trinajstić information content (AvgIpc) is 2.16. The zero-order valence-electron chi connectivity index (χ0n) is 7.28. The van der Waals surface area contributed by atoms with Gasteiger partial charge in [0.25, 0.3) is 6.43 Å². The number of nitrogens with zero attached hydrogens (tertiary/aromatic N) is 2. The van der Waals surface area contributed by atoms with Crippen LogP contribution in [-0.4, -0.2) is 9.91 Å². The molecule has 0 saturated carbocycles. The van der Waals surface area contributed by atoms with Gasteiger partial charge in [0, 0.05) is 39.7 Å². The van der Waals surface area contributed by atoms with E-state index in [-0.39, 0.29) is 16.7 Å². The van der Waals surface area contributed by atoms with E-state index in [0.29, 0.717) is 0 Å². The van der Waals surface area contributed by atoms with Crippen LogP contribution in [0.3, 0.4) is 0 Å². The van der Waals surface area contributed by atoms with Crippen molar-refractivity contribution in [3.05, 3.63) is 31.9 Å². The van der Waals surface area contributed by atoms with Crippen molar-refractivity contribution in [2.45, 2.75) is 13.0 Å².